The third-order valence-corrected chi connectivity index (χ3v) is 2.47. The molecule has 0 fully saturated rings. The Morgan fingerprint density at radius 1 is 1.60 bits per heavy atom. The summed E-state index contributed by atoms with van der Waals surface area (Å²) in [6.45, 7) is 2.24. The number of aryl methyl sites for hydroxylation is 1. The largest absolute Gasteiger partial charge is 0.491 e. The van der Waals surface area contributed by atoms with Crippen LogP contribution in [0.25, 0.3) is 0 Å². The average Bonchev–Trinajstić information content (AvgIpc) is 2.24. The van der Waals surface area contributed by atoms with Crippen molar-refractivity contribution in [1.29, 1.82) is 5.26 Å². The number of hydrogen-bond acceptors (Lipinski definition) is 3. The van der Waals surface area contributed by atoms with Gasteiger partial charge in [0.25, 0.3) is 0 Å². The highest BCUT2D eigenvalue weighted by atomic mass is 35.5. The van der Waals surface area contributed by atoms with Crippen molar-refractivity contribution in [3.8, 4) is 11.8 Å². The van der Waals surface area contributed by atoms with Gasteiger partial charge in [0.1, 0.15) is 18.4 Å². The van der Waals surface area contributed by atoms with Gasteiger partial charge in [-0.05, 0) is 37.7 Å². The molecular weight excluding hydrogens is 212 g/mol. The second-order valence-corrected chi connectivity index (χ2v) is 3.60. The second-order valence-electron chi connectivity index (χ2n) is 3.19. The molecule has 0 spiro atoms. The lowest BCUT2D eigenvalue weighted by molar-refractivity contribution is 0.295. The highest BCUT2D eigenvalue weighted by Gasteiger charge is 2.05. The SMILES string of the molecule is CNC(C#N)COc1ccc(Cl)c(C)c1. The first kappa shape index (κ1) is 11.8. The minimum Gasteiger partial charge on any atom is -0.491 e. The molecule has 0 aliphatic heterocycles. The molecule has 0 saturated carbocycles. The van der Waals surface area contributed by atoms with Crippen LogP contribution in [0.2, 0.25) is 5.02 Å². The number of nitrogens with one attached hydrogen (secondary N) is 1. The maximum Gasteiger partial charge on any atom is 0.129 e. The van der Waals surface area contributed by atoms with Gasteiger partial charge >= 0.3 is 0 Å². The zero-order valence-corrected chi connectivity index (χ0v) is 9.51. The van der Waals surface area contributed by atoms with Crippen LogP contribution in [0.15, 0.2) is 18.2 Å². The van der Waals surface area contributed by atoms with Crippen molar-refractivity contribution in [2.75, 3.05) is 13.7 Å². The van der Waals surface area contributed by atoms with Gasteiger partial charge in [0.2, 0.25) is 0 Å². The lowest BCUT2D eigenvalue weighted by Gasteiger charge is -2.10. The highest BCUT2D eigenvalue weighted by molar-refractivity contribution is 6.31. The van der Waals surface area contributed by atoms with Gasteiger partial charge in [-0.2, -0.15) is 5.26 Å². The number of hydrogen-bond donors (Lipinski definition) is 1. The highest BCUT2D eigenvalue weighted by Crippen LogP contribution is 2.20. The second kappa shape index (κ2) is 5.59. The number of nitriles is 1. The Morgan fingerprint density at radius 3 is 2.87 bits per heavy atom. The van der Waals surface area contributed by atoms with E-state index in [-0.39, 0.29) is 6.04 Å². The summed E-state index contributed by atoms with van der Waals surface area (Å²) >= 11 is 5.88. The average molecular weight is 225 g/mol. The minimum atomic E-state index is -0.291. The van der Waals surface area contributed by atoms with E-state index in [0.717, 1.165) is 11.3 Å². The van der Waals surface area contributed by atoms with E-state index in [4.69, 9.17) is 21.6 Å². The molecule has 0 radical (unpaired) electrons. The van der Waals surface area contributed by atoms with Crippen molar-refractivity contribution in [2.24, 2.45) is 0 Å². The minimum absolute atomic E-state index is 0.291. The smallest absolute Gasteiger partial charge is 0.129 e. The first-order chi connectivity index (χ1) is 7.17. The monoisotopic (exact) mass is 224 g/mol. The van der Waals surface area contributed by atoms with Gasteiger partial charge in [-0.3, -0.25) is 0 Å². The summed E-state index contributed by atoms with van der Waals surface area (Å²) in [5, 5.41) is 12.2. The molecule has 15 heavy (non-hydrogen) atoms. The zero-order chi connectivity index (χ0) is 11.3. The van der Waals surface area contributed by atoms with Gasteiger partial charge in [-0.15, -0.1) is 0 Å². The predicted molar refractivity (Wildman–Crippen MR) is 60.1 cm³/mol. The van der Waals surface area contributed by atoms with Crippen LogP contribution in [0, 0.1) is 18.3 Å². The molecule has 1 N–H and O–H groups in total. The first-order valence-corrected chi connectivity index (χ1v) is 5.01. The molecule has 0 heterocycles. The van der Waals surface area contributed by atoms with E-state index in [2.05, 4.69) is 11.4 Å². The van der Waals surface area contributed by atoms with Crippen molar-refractivity contribution < 1.29 is 4.74 Å². The third-order valence-electron chi connectivity index (χ3n) is 2.05. The molecule has 80 valence electrons. The van der Waals surface area contributed by atoms with Crippen LogP contribution in [-0.2, 0) is 0 Å². The lowest BCUT2D eigenvalue weighted by Crippen LogP contribution is -2.29. The molecule has 0 amide bonds. The summed E-state index contributed by atoms with van der Waals surface area (Å²) in [7, 11) is 1.73. The summed E-state index contributed by atoms with van der Waals surface area (Å²) in [5.41, 5.74) is 0.965. The van der Waals surface area contributed by atoms with Crippen molar-refractivity contribution in [1.82, 2.24) is 5.32 Å². The summed E-state index contributed by atoms with van der Waals surface area (Å²) in [5.74, 6) is 0.729. The van der Waals surface area contributed by atoms with Crippen LogP contribution in [0.1, 0.15) is 5.56 Å². The van der Waals surface area contributed by atoms with E-state index in [1.165, 1.54) is 0 Å². The van der Waals surface area contributed by atoms with Crippen molar-refractivity contribution >= 4 is 11.6 Å². The molecule has 1 unspecified atom stereocenters. The van der Waals surface area contributed by atoms with Crippen LogP contribution in [0.3, 0.4) is 0 Å². The number of rotatable bonds is 4. The van der Waals surface area contributed by atoms with Crippen molar-refractivity contribution in [2.45, 2.75) is 13.0 Å². The molecule has 1 aromatic carbocycles. The number of nitrogens with zero attached hydrogens (tertiary/aromatic N) is 1. The van der Waals surface area contributed by atoms with Gasteiger partial charge in [0, 0.05) is 5.02 Å². The van der Waals surface area contributed by atoms with E-state index >= 15 is 0 Å². The lowest BCUT2D eigenvalue weighted by atomic mass is 10.2. The molecular formula is C11H13ClN2O. The number of ether oxygens (including phenoxy) is 1. The molecule has 0 aliphatic carbocycles. The Hall–Kier alpha value is -1.24. The molecule has 1 rings (SSSR count). The van der Waals surface area contributed by atoms with Crippen LogP contribution >= 0.6 is 11.6 Å². The van der Waals surface area contributed by atoms with Gasteiger partial charge in [0.05, 0.1) is 6.07 Å². The maximum atomic E-state index is 8.69. The van der Waals surface area contributed by atoms with E-state index < -0.39 is 0 Å². The number of benzene rings is 1. The quantitative estimate of drug-likeness (QED) is 0.852. The van der Waals surface area contributed by atoms with Gasteiger partial charge in [0.15, 0.2) is 0 Å². The van der Waals surface area contributed by atoms with Crippen LogP contribution in [0.4, 0.5) is 0 Å². The molecule has 0 bridgehead atoms. The summed E-state index contributed by atoms with van der Waals surface area (Å²) in [6, 6.07) is 7.22. The van der Waals surface area contributed by atoms with Crippen LogP contribution in [-0.4, -0.2) is 19.7 Å². The molecule has 0 saturated heterocycles. The third kappa shape index (κ3) is 3.43. The fraction of sp³-hybridized carbons (Fsp3) is 0.364. The first-order valence-electron chi connectivity index (χ1n) is 4.63. The Kier molecular flexibility index (Phi) is 4.41. The summed E-state index contributed by atoms with van der Waals surface area (Å²) < 4.78 is 5.44. The van der Waals surface area contributed by atoms with Crippen LogP contribution in [0.5, 0.6) is 5.75 Å². The standard InChI is InChI=1S/C11H13ClN2O/c1-8-5-10(3-4-11(8)12)15-7-9(6-13)14-2/h3-5,9,14H,7H2,1-2H3. The van der Waals surface area contributed by atoms with E-state index in [9.17, 15) is 0 Å². The van der Waals surface area contributed by atoms with E-state index in [1.807, 2.05) is 13.0 Å². The van der Waals surface area contributed by atoms with Crippen molar-refractivity contribution in [3.05, 3.63) is 28.8 Å². The fourth-order valence-electron chi connectivity index (χ4n) is 1.07. The predicted octanol–water partition coefficient (Wildman–Crippen LogP) is 2.14. The molecule has 0 aromatic heterocycles. The summed E-state index contributed by atoms with van der Waals surface area (Å²) in [6.07, 6.45) is 0. The molecule has 1 atom stereocenters. The zero-order valence-electron chi connectivity index (χ0n) is 8.75. The maximum absolute atomic E-state index is 8.69. The Balaban J connectivity index is 2.59. The van der Waals surface area contributed by atoms with Gasteiger partial charge in [-0.25, -0.2) is 0 Å². The van der Waals surface area contributed by atoms with Crippen molar-refractivity contribution in [3.63, 3.8) is 0 Å². The topological polar surface area (TPSA) is 45.0 Å². The Morgan fingerprint density at radius 2 is 2.33 bits per heavy atom. The molecule has 0 aliphatic rings. The molecule has 4 heteroatoms. The number of likely N-dealkylation sites (N-methyl/N-ethyl adjacent to an activating group) is 1. The fourth-order valence-corrected chi connectivity index (χ4v) is 1.19. The normalized spacial score (nSPS) is 11.9. The Bertz CT molecular complexity index is 373. The van der Waals surface area contributed by atoms with E-state index in [0.29, 0.717) is 11.6 Å². The van der Waals surface area contributed by atoms with E-state index in [1.54, 1.807) is 19.2 Å². The molecule has 3 nitrogen and oxygen atoms in total. The van der Waals surface area contributed by atoms with Gasteiger partial charge in [-0.1, -0.05) is 11.6 Å². The summed E-state index contributed by atoms with van der Waals surface area (Å²) in [4.78, 5) is 0. The van der Waals surface area contributed by atoms with Gasteiger partial charge < -0.3 is 10.1 Å². The number of halogens is 1. The Labute approximate surface area is 94.6 Å². The van der Waals surface area contributed by atoms with Crippen LogP contribution < -0.4 is 10.1 Å². The molecule has 1 aromatic rings.